The highest BCUT2D eigenvalue weighted by atomic mass is 19.1. The van der Waals surface area contributed by atoms with Crippen LogP contribution >= 0.6 is 0 Å². The van der Waals surface area contributed by atoms with Crippen LogP contribution in [0.2, 0.25) is 0 Å². The topological polar surface area (TPSA) is 106 Å². The monoisotopic (exact) mass is 495 g/mol. The van der Waals surface area contributed by atoms with E-state index in [0.29, 0.717) is 53.7 Å². The summed E-state index contributed by atoms with van der Waals surface area (Å²) < 4.78 is 30.5. The van der Waals surface area contributed by atoms with E-state index < -0.39 is 0 Å². The SMILES string of the molecule is CCN1Cc2c(c(OC)nn2CCO)/C=C/c2n[nH]c3cc(F)c(cc23)-c2cnn(C)c2O[C@H](C)C1. The minimum Gasteiger partial charge on any atom is -0.480 e. The summed E-state index contributed by atoms with van der Waals surface area (Å²) in [6, 6.07) is 3.21. The molecule has 0 radical (unpaired) electrons. The first kappa shape index (κ1) is 24.0. The van der Waals surface area contributed by atoms with Gasteiger partial charge in [0.2, 0.25) is 11.8 Å². The molecule has 11 heteroatoms. The number of hydrogen-bond donors (Lipinski definition) is 2. The molecule has 0 unspecified atom stereocenters. The summed E-state index contributed by atoms with van der Waals surface area (Å²) in [6.45, 7) is 6.30. The number of aromatic amines is 1. The number of rotatable bonds is 4. The summed E-state index contributed by atoms with van der Waals surface area (Å²) in [5, 5.41) is 26.7. The largest absolute Gasteiger partial charge is 0.480 e. The summed E-state index contributed by atoms with van der Waals surface area (Å²) in [6.07, 6.45) is 5.19. The van der Waals surface area contributed by atoms with Crippen LogP contribution in [0.25, 0.3) is 34.2 Å². The minimum atomic E-state index is -0.388. The van der Waals surface area contributed by atoms with Crippen molar-refractivity contribution in [1.29, 1.82) is 0 Å². The number of likely N-dealkylation sites (N-methyl/N-ethyl adjacent to an activating group) is 1. The van der Waals surface area contributed by atoms with E-state index in [4.69, 9.17) is 9.47 Å². The molecule has 10 nitrogen and oxygen atoms in total. The van der Waals surface area contributed by atoms with Crippen molar-refractivity contribution in [2.75, 3.05) is 26.8 Å². The van der Waals surface area contributed by atoms with Crippen molar-refractivity contribution < 1.29 is 19.0 Å². The van der Waals surface area contributed by atoms with E-state index in [1.807, 2.05) is 19.1 Å². The number of aryl methyl sites for hydroxylation is 1. The summed E-state index contributed by atoms with van der Waals surface area (Å²) in [5.41, 5.74) is 3.93. The van der Waals surface area contributed by atoms with Crippen molar-refractivity contribution in [3.63, 3.8) is 0 Å². The average molecular weight is 496 g/mol. The van der Waals surface area contributed by atoms with E-state index >= 15 is 4.39 Å². The zero-order valence-corrected chi connectivity index (χ0v) is 20.8. The maximum absolute atomic E-state index is 15.2. The number of nitrogens with one attached hydrogen (secondary N) is 1. The lowest BCUT2D eigenvalue weighted by atomic mass is 10.0. The Morgan fingerprint density at radius 3 is 2.86 bits per heavy atom. The van der Waals surface area contributed by atoms with Crippen LogP contribution < -0.4 is 9.47 Å². The first-order valence-electron chi connectivity index (χ1n) is 11.9. The quantitative estimate of drug-likeness (QED) is 0.448. The molecule has 1 aliphatic rings. The van der Waals surface area contributed by atoms with Gasteiger partial charge in [-0.05, 0) is 31.7 Å². The number of nitrogens with zero attached hydrogens (tertiary/aromatic N) is 6. The molecule has 0 aliphatic carbocycles. The zero-order valence-electron chi connectivity index (χ0n) is 20.8. The number of fused-ring (bicyclic) bond motifs is 4. The first-order chi connectivity index (χ1) is 17.4. The molecule has 1 atom stereocenters. The number of halogens is 1. The highest BCUT2D eigenvalue weighted by Gasteiger charge is 2.24. The molecule has 0 saturated heterocycles. The van der Waals surface area contributed by atoms with Gasteiger partial charge in [-0.15, -0.1) is 5.10 Å². The molecule has 2 N–H and O–H groups in total. The Morgan fingerprint density at radius 1 is 1.28 bits per heavy atom. The zero-order chi connectivity index (χ0) is 25.4. The fourth-order valence-corrected chi connectivity index (χ4v) is 4.66. The van der Waals surface area contributed by atoms with Crippen molar-refractivity contribution >= 4 is 23.1 Å². The van der Waals surface area contributed by atoms with Gasteiger partial charge in [0.1, 0.15) is 11.9 Å². The molecule has 36 heavy (non-hydrogen) atoms. The molecule has 4 heterocycles. The Labute approximate surface area is 207 Å². The molecule has 1 aliphatic heterocycles. The fourth-order valence-electron chi connectivity index (χ4n) is 4.66. The predicted molar refractivity (Wildman–Crippen MR) is 134 cm³/mol. The van der Waals surface area contributed by atoms with Gasteiger partial charge in [0, 0.05) is 37.2 Å². The Bertz CT molecular complexity index is 1420. The normalized spacial score (nSPS) is 17.3. The van der Waals surface area contributed by atoms with Crippen LogP contribution in [0.1, 0.15) is 30.8 Å². The van der Waals surface area contributed by atoms with Crippen LogP contribution in [-0.4, -0.2) is 72.7 Å². The Hall–Kier alpha value is -3.70. The molecule has 1 aromatic carbocycles. The average Bonchev–Trinajstić information content (AvgIpc) is 3.52. The standard InChI is InChI=1S/C25H30FN7O3/c1-5-32-13-15(2)36-25-19(12-27-31(25)3)17-10-18-21(28-29-22(18)11-20(17)26)7-6-16-23(14-32)33(8-9-34)30-24(16)35-4/h6-7,10-12,15,34H,5,8-9,13-14H2,1-4H3,(H,28,29)/b7-6+/t15-/m1/s1. The second-order valence-electron chi connectivity index (χ2n) is 8.88. The molecule has 4 aromatic rings. The van der Waals surface area contributed by atoms with Crippen molar-refractivity contribution in [1.82, 2.24) is 34.7 Å². The summed E-state index contributed by atoms with van der Waals surface area (Å²) in [5.74, 6) is 0.574. The van der Waals surface area contributed by atoms with Crippen molar-refractivity contribution in [3.05, 3.63) is 41.1 Å². The number of hydrogen-bond acceptors (Lipinski definition) is 7. The van der Waals surface area contributed by atoms with Crippen LogP contribution in [0.5, 0.6) is 11.8 Å². The third-order valence-electron chi connectivity index (χ3n) is 6.48. The highest BCUT2D eigenvalue weighted by molar-refractivity contribution is 5.93. The number of methoxy groups -OCH3 is 1. The first-order valence-corrected chi connectivity index (χ1v) is 11.9. The number of aromatic nitrogens is 6. The summed E-state index contributed by atoms with van der Waals surface area (Å²) >= 11 is 0. The van der Waals surface area contributed by atoms with Crippen molar-refractivity contribution in [2.24, 2.45) is 7.05 Å². The van der Waals surface area contributed by atoms with Gasteiger partial charge in [-0.2, -0.15) is 10.2 Å². The number of aliphatic hydroxyl groups is 1. The van der Waals surface area contributed by atoms with Crippen LogP contribution in [0, 0.1) is 5.82 Å². The van der Waals surface area contributed by atoms with Gasteiger partial charge in [0.25, 0.3) is 0 Å². The van der Waals surface area contributed by atoms with Crippen LogP contribution in [0.3, 0.4) is 0 Å². The molecule has 190 valence electrons. The molecular weight excluding hydrogens is 465 g/mol. The lowest BCUT2D eigenvalue weighted by molar-refractivity contribution is 0.133. The van der Waals surface area contributed by atoms with E-state index in [9.17, 15) is 5.11 Å². The number of ether oxygens (including phenoxy) is 2. The molecule has 0 amide bonds. The van der Waals surface area contributed by atoms with E-state index in [1.54, 1.807) is 35.8 Å². The Balaban J connectivity index is 1.72. The van der Waals surface area contributed by atoms with Gasteiger partial charge in [0.15, 0.2) is 0 Å². The van der Waals surface area contributed by atoms with Crippen molar-refractivity contribution in [2.45, 2.75) is 33.0 Å². The maximum atomic E-state index is 15.2. The summed E-state index contributed by atoms with van der Waals surface area (Å²) in [4.78, 5) is 2.23. The Kier molecular flexibility index (Phi) is 6.50. The van der Waals surface area contributed by atoms with E-state index in [2.05, 4.69) is 32.2 Å². The molecular formula is C25H30FN7O3. The third kappa shape index (κ3) is 4.24. The molecule has 0 spiro atoms. The lowest BCUT2D eigenvalue weighted by Gasteiger charge is -2.25. The van der Waals surface area contributed by atoms with Gasteiger partial charge in [-0.25, -0.2) is 9.07 Å². The van der Waals surface area contributed by atoms with E-state index in [-0.39, 0.29) is 18.5 Å². The van der Waals surface area contributed by atoms with Crippen LogP contribution in [-0.2, 0) is 20.1 Å². The van der Waals surface area contributed by atoms with Gasteiger partial charge < -0.3 is 14.6 Å². The number of H-pyrrole nitrogens is 1. The second kappa shape index (κ2) is 9.75. The summed E-state index contributed by atoms with van der Waals surface area (Å²) in [7, 11) is 3.36. The highest BCUT2D eigenvalue weighted by Crippen LogP contribution is 2.36. The smallest absolute Gasteiger partial charge is 0.240 e. The Morgan fingerprint density at radius 2 is 2.11 bits per heavy atom. The van der Waals surface area contributed by atoms with Crippen LogP contribution in [0.15, 0.2) is 18.3 Å². The molecule has 5 rings (SSSR count). The molecule has 2 bridgehead atoms. The third-order valence-corrected chi connectivity index (χ3v) is 6.48. The second-order valence-corrected chi connectivity index (χ2v) is 8.88. The van der Waals surface area contributed by atoms with Gasteiger partial charge in [-0.3, -0.25) is 14.7 Å². The maximum Gasteiger partial charge on any atom is 0.240 e. The fraction of sp³-hybridized carbons (Fsp3) is 0.400. The predicted octanol–water partition coefficient (Wildman–Crippen LogP) is 3.07. The van der Waals surface area contributed by atoms with Gasteiger partial charge >= 0.3 is 0 Å². The molecule has 0 fully saturated rings. The lowest BCUT2D eigenvalue weighted by Crippen LogP contribution is -2.34. The number of aliphatic hydroxyl groups excluding tert-OH is 1. The van der Waals surface area contributed by atoms with Gasteiger partial charge in [0.05, 0.1) is 54.5 Å². The molecule has 0 saturated carbocycles. The van der Waals surface area contributed by atoms with Gasteiger partial charge in [-0.1, -0.05) is 6.92 Å². The number of benzene rings is 1. The minimum absolute atomic E-state index is 0.0474. The van der Waals surface area contributed by atoms with E-state index in [0.717, 1.165) is 23.2 Å². The van der Waals surface area contributed by atoms with Crippen LogP contribution in [0.4, 0.5) is 4.39 Å². The van der Waals surface area contributed by atoms with Crippen molar-refractivity contribution in [3.8, 4) is 22.9 Å². The molecule has 3 aromatic heterocycles. The van der Waals surface area contributed by atoms with E-state index in [1.165, 1.54) is 6.07 Å².